The van der Waals surface area contributed by atoms with Gasteiger partial charge >= 0.3 is 5.97 Å². The number of hydrogen-bond donors (Lipinski definition) is 3. The maximum atomic E-state index is 11.8. The van der Waals surface area contributed by atoms with Crippen molar-refractivity contribution in [2.45, 2.75) is 19.1 Å². The Balaban J connectivity index is 2.96. The fourth-order valence-corrected chi connectivity index (χ4v) is 1.66. The van der Waals surface area contributed by atoms with Crippen LogP contribution in [0.25, 0.3) is 0 Å². The highest BCUT2D eigenvalue weighted by molar-refractivity contribution is 6.33. The Kier molecular flexibility index (Phi) is 5.00. The second-order valence-electron chi connectivity index (χ2n) is 3.95. The lowest BCUT2D eigenvalue weighted by Crippen LogP contribution is -2.47. The molecule has 0 bridgehead atoms. The van der Waals surface area contributed by atoms with Gasteiger partial charge in [-0.1, -0.05) is 11.6 Å². The minimum absolute atomic E-state index is 0.0486. The zero-order valence-corrected chi connectivity index (χ0v) is 11.0. The van der Waals surface area contributed by atoms with E-state index in [1.165, 1.54) is 6.92 Å². The summed E-state index contributed by atoms with van der Waals surface area (Å²) >= 11 is 5.64. The summed E-state index contributed by atoms with van der Waals surface area (Å²) in [6.07, 6.45) is -1.30. The summed E-state index contributed by atoms with van der Waals surface area (Å²) in [6.45, 7) is 1.21. The Bertz CT molecular complexity index is 560. The Labute approximate surface area is 118 Å². The van der Waals surface area contributed by atoms with Crippen molar-refractivity contribution in [2.24, 2.45) is 0 Å². The van der Waals surface area contributed by atoms with Crippen molar-refractivity contribution >= 4 is 29.2 Å². The first-order valence-electron chi connectivity index (χ1n) is 5.39. The molecular weight excluding hydrogens is 292 g/mol. The highest BCUT2D eigenvalue weighted by atomic mass is 35.5. The number of carboxylic acid groups (broad SMARTS) is 1. The monoisotopic (exact) mass is 302 g/mol. The number of carbonyl (C=O) groups excluding carboxylic acids is 1. The number of halogens is 1. The van der Waals surface area contributed by atoms with E-state index in [-0.39, 0.29) is 16.3 Å². The summed E-state index contributed by atoms with van der Waals surface area (Å²) in [7, 11) is 0. The van der Waals surface area contributed by atoms with Gasteiger partial charge in [0.15, 0.2) is 6.04 Å². The Morgan fingerprint density at radius 1 is 1.45 bits per heavy atom. The van der Waals surface area contributed by atoms with E-state index in [4.69, 9.17) is 16.7 Å². The van der Waals surface area contributed by atoms with Crippen molar-refractivity contribution in [3.05, 3.63) is 38.9 Å². The minimum Gasteiger partial charge on any atom is -0.480 e. The first-order chi connectivity index (χ1) is 9.23. The van der Waals surface area contributed by atoms with Gasteiger partial charge in [0, 0.05) is 11.6 Å². The number of amides is 1. The first-order valence-corrected chi connectivity index (χ1v) is 5.77. The average Bonchev–Trinajstić information content (AvgIpc) is 2.34. The molecule has 1 rings (SSSR count). The van der Waals surface area contributed by atoms with Crippen LogP contribution in [-0.4, -0.2) is 39.2 Å². The predicted octanol–water partition coefficient (Wildman–Crippen LogP) is 0.812. The van der Waals surface area contributed by atoms with E-state index in [2.05, 4.69) is 5.32 Å². The molecule has 1 aromatic rings. The molecule has 2 unspecified atom stereocenters. The molecule has 0 aliphatic rings. The standard InChI is InChI=1S/C11H11ClN2O6/c1-5(15)9(11(17)18)13-10(16)6-2-3-8(14(19)20)7(12)4-6/h2-5,9,15H,1H3,(H,13,16)(H,17,18). The highest BCUT2D eigenvalue weighted by Crippen LogP contribution is 2.24. The Morgan fingerprint density at radius 2 is 2.05 bits per heavy atom. The second-order valence-corrected chi connectivity index (χ2v) is 4.36. The summed E-state index contributed by atoms with van der Waals surface area (Å²) in [5.41, 5.74) is -0.416. The van der Waals surface area contributed by atoms with E-state index in [9.17, 15) is 24.8 Å². The van der Waals surface area contributed by atoms with Crippen molar-refractivity contribution in [1.82, 2.24) is 5.32 Å². The number of carbonyl (C=O) groups is 2. The number of hydrogen-bond acceptors (Lipinski definition) is 5. The molecule has 108 valence electrons. The lowest BCUT2D eigenvalue weighted by atomic mass is 10.1. The van der Waals surface area contributed by atoms with Crippen LogP contribution >= 0.6 is 11.6 Å². The van der Waals surface area contributed by atoms with E-state index >= 15 is 0 Å². The zero-order valence-electron chi connectivity index (χ0n) is 10.2. The quantitative estimate of drug-likeness (QED) is 0.545. The molecule has 0 saturated carbocycles. The van der Waals surface area contributed by atoms with Crippen molar-refractivity contribution in [2.75, 3.05) is 0 Å². The molecule has 20 heavy (non-hydrogen) atoms. The van der Waals surface area contributed by atoms with Gasteiger partial charge in [-0.15, -0.1) is 0 Å². The first kappa shape index (κ1) is 15.9. The van der Waals surface area contributed by atoms with Crippen LogP contribution in [0.5, 0.6) is 0 Å². The molecule has 0 aromatic heterocycles. The minimum atomic E-state index is -1.49. The van der Waals surface area contributed by atoms with Gasteiger partial charge in [0.1, 0.15) is 5.02 Å². The molecule has 0 spiro atoms. The fourth-order valence-electron chi connectivity index (χ4n) is 1.41. The molecule has 1 amide bonds. The van der Waals surface area contributed by atoms with Crippen molar-refractivity contribution in [3.63, 3.8) is 0 Å². The molecular formula is C11H11ClN2O6. The number of aliphatic carboxylic acids is 1. The predicted molar refractivity (Wildman–Crippen MR) is 68.7 cm³/mol. The van der Waals surface area contributed by atoms with Gasteiger partial charge < -0.3 is 15.5 Å². The molecule has 0 fully saturated rings. The van der Waals surface area contributed by atoms with Crippen LogP contribution in [0.1, 0.15) is 17.3 Å². The third kappa shape index (κ3) is 3.65. The lowest BCUT2D eigenvalue weighted by molar-refractivity contribution is -0.384. The largest absolute Gasteiger partial charge is 0.480 e. The molecule has 0 aliphatic heterocycles. The van der Waals surface area contributed by atoms with Gasteiger partial charge in [0.25, 0.3) is 11.6 Å². The number of aliphatic hydroxyl groups is 1. The van der Waals surface area contributed by atoms with Crippen LogP contribution in [0.4, 0.5) is 5.69 Å². The Morgan fingerprint density at radius 3 is 2.45 bits per heavy atom. The smallest absolute Gasteiger partial charge is 0.328 e. The van der Waals surface area contributed by atoms with Gasteiger partial charge in [-0.3, -0.25) is 14.9 Å². The molecule has 2 atom stereocenters. The zero-order chi connectivity index (χ0) is 15.4. The summed E-state index contributed by atoms with van der Waals surface area (Å²) < 4.78 is 0. The molecule has 0 heterocycles. The number of nitrogens with zero attached hydrogens (tertiary/aromatic N) is 1. The molecule has 0 aliphatic carbocycles. The van der Waals surface area contributed by atoms with Crippen molar-refractivity contribution in [1.29, 1.82) is 0 Å². The molecule has 0 saturated heterocycles. The van der Waals surface area contributed by atoms with E-state index in [0.717, 1.165) is 18.2 Å². The number of nitro groups is 1. The number of benzene rings is 1. The molecule has 0 radical (unpaired) electrons. The maximum Gasteiger partial charge on any atom is 0.328 e. The van der Waals surface area contributed by atoms with Crippen molar-refractivity contribution in [3.8, 4) is 0 Å². The van der Waals surface area contributed by atoms with E-state index in [1.54, 1.807) is 0 Å². The SMILES string of the molecule is CC(O)C(NC(=O)c1ccc([N+](=O)[O-])c(Cl)c1)C(=O)O. The highest BCUT2D eigenvalue weighted by Gasteiger charge is 2.26. The van der Waals surface area contributed by atoms with Crippen LogP contribution in [0, 0.1) is 10.1 Å². The van der Waals surface area contributed by atoms with Crippen LogP contribution in [0.15, 0.2) is 18.2 Å². The van der Waals surface area contributed by atoms with Crippen LogP contribution in [-0.2, 0) is 4.79 Å². The van der Waals surface area contributed by atoms with Gasteiger partial charge in [0.2, 0.25) is 0 Å². The number of rotatable bonds is 5. The fraction of sp³-hybridized carbons (Fsp3) is 0.273. The topological polar surface area (TPSA) is 130 Å². The van der Waals surface area contributed by atoms with Crippen LogP contribution < -0.4 is 5.32 Å². The molecule has 1 aromatic carbocycles. The van der Waals surface area contributed by atoms with E-state index in [1.807, 2.05) is 0 Å². The van der Waals surface area contributed by atoms with Gasteiger partial charge in [0.05, 0.1) is 11.0 Å². The average molecular weight is 303 g/mol. The Hall–Kier alpha value is -2.19. The number of nitro benzene ring substituents is 1. The summed E-state index contributed by atoms with van der Waals surface area (Å²) in [5, 5.41) is 30.5. The number of aliphatic hydroxyl groups excluding tert-OH is 1. The van der Waals surface area contributed by atoms with Crippen LogP contribution in [0.3, 0.4) is 0 Å². The lowest BCUT2D eigenvalue weighted by Gasteiger charge is -2.17. The maximum absolute atomic E-state index is 11.8. The normalized spacial score (nSPS) is 13.3. The van der Waals surface area contributed by atoms with Gasteiger partial charge in [-0.25, -0.2) is 4.79 Å². The van der Waals surface area contributed by atoms with E-state index in [0.29, 0.717) is 0 Å². The van der Waals surface area contributed by atoms with E-state index < -0.39 is 28.9 Å². The molecule has 8 nitrogen and oxygen atoms in total. The summed E-state index contributed by atoms with van der Waals surface area (Å²) in [6, 6.07) is 1.74. The number of carboxylic acids is 1. The second kappa shape index (κ2) is 6.31. The van der Waals surface area contributed by atoms with Crippen molar-refractivity contribution < 1.29 is 24.7 Å². The summed E-state index contributed by atoms with van der Waals surface area (Å²) in [5.74, 6) is -2.21. The van der Waals surface area contributed by atoms with Gasteiger partial charge in [-0.05, 0) is 19.1 Å². The third-order valence-corrected chi connectivity index (χ3v) is 2.74. The molecule has 9 heteroatoms. The number of nitrogens with one attached hydrogen (secondary N) is 1. The summed E-state index contributed by atoms with van der Waals surface area (Å²) in [4.78, 5) is 32.5. The van der Waals surface area contributed by atoms with Gasteiger partial charge in [-0.2, -0.15) is 0 Å². The third-order valence-electron chi connectivity index (χ3n) is 2.44. The van der Waals surface area contributed by atoms with Crippen LogP contribution in [0.2, 0.25) is 5.02 Å². The molecule has 3 N–H and O–H groups in total.